The van der Waals surface area contributed by atoms with Crippen molar-refractivity contribution in [2.45, 2.75) is 25.3 Å². The van der Waals surface area contributed by atoms with E-state index in [1.165, 1.54) is 0 Å². The third-order valence-corrected chi connectivity index (χ3v) is 5.72. The minimum Gasteiger partial charge on any atom is -0.368 e. The quantitative estimate of drug-likeness (QED) is 0.541. The molecule has 1 atom stereocenters. The highest BCUT2D eigenvalue weighted by atomic mass is 16.2. The minimum atomic E-state index is -0.965. The van der Waals surface area contributed by atoms with Crippen LogP contribution in [0.5, 0.6) is 0 Å². The molecule has 0 bridgehead atoms. The number of hydrogen-bond acceptors (Lipinski definition) is 7. The first-order chi connectivity index (χ1) is 14.0. The summed E-state index contributed by atoms with van der Waals surface area (Å²) >= 11 is 0. The number of aldehydes is 1. The second-order valence-electron chi connectivity index (χ2n) is 7.43. The van der Waals surface area contributed by atoms with Crippen molar-refractivity contribution in [2.75, 3.05) is 37.6 Å². The van der Waals surface area contributed by atoms with Crippen molar-refractivity contribution in [3.63, 3.8) is 0 Å². The van der Waals surface area contributed by atoms with Crippen LogP contribution in [-0.4, -0.2) is 78.5 Å². The first kappa shape index (κ1) is 19.3. The van der Waals surface area contributed by atoms with E-state index in [0.717, 1.165) is 24.3 Å². The third-order valence-electron chi connectivity index (χ3n) is 5.72. The van der Waals surface area contributed by atoms with Gasteiger partial charge in [-0.2, -0.15) is 0 Å². The van der Waals surface area contributed by atoms with Gasteiger partial charge in [0.1, 0.15) is 12.3 Å². The summed E-state index contributed by atoms with van der Waals surface area (Å²) in [4.78, 5) is 65.6. The molecule has 2 saturated heterocycles. The zero-order valence-corrected chi connectivity index (χ0v) is 15.9. The van der Waals surface area contributed by atoms with Gasteiger partial charge in [-0.25, -0.2) is 0 Å². The first-order valence-corrected chi connectivity index (χ1v) is 9.77. The second-order valence-corrected chi connectivity index (χ2v) is 7.43. The lowest BCUT2D eigenvalue weighted by Gasteiger charge is -2.36. The number of rotatable bonds is 5. The SMILES string of the molecule is O=CCCN1CCN(c2cccc3c2C(=O)N(C2CCC(=O)NC2=O)C3=O)CC1. The molecule has 29 heavy (non-hydrogen) atoms. The molecule has 1 aromatic rings. The fourth-order valence-corrected chi connectivity index (χ4v) is 4.21. The summed E-state index contributed by atoms with van der Waals surface area (Å²) < 4.78 is 0. The van der Waals surface area contributed by atoms with Crippen LogP contribution in [0.15, 0.2) is 18.2 Å². The fraction of sp³-hybridized carbons (Fsp3) is 0.450. The maximum atomic E-state index is 13.2. The van der Waals surface area contributed by atoms with Gasteiger partial charge in [0.05, 0.1) is 16.8 Å². The fourth-order valence-electron chi connectivity index (χ4n) is 4.21. The van der Waals surface area contributed by atoms with E-state index in [-0.39, 0.29) is 12.8 Å². The number of benzene rings is 1. The van der Waals surface area contributed by atoms with Crippen LogP contribution in [0.3, 0.4) is 0 Å². The molecule has 3 aliphatic rings. The molecule has 1 N–H and O–H groups in total. The molecule has 9 heteroatoms. The highest BCUT2D eigenvalue weighted by Gasteiger charge is 2.46. The van der Waals surface area contributed by atoms with E-state index >= 15 is 0 Å². The van der Waals surface area contributed by atoms with Gasteiger partial charge in [0.2, 0.25) is 11.8 Å². The number of piperazine rings is 1. The molecule has 1 aromatic carbocycles. The molecule has 3 aliphatic heterocycles. The molecule has 2 fully saturated rings. The van der Waals surface area contributed by atoms with Gasteiger partial charge in [0, 0.05) is 45.6 Å². The molecular weight excluding hydrogens is 376 g/mol. The number of piperidine rings is 1. The van der Waals surface area contributed by atoms with Crippen molar-refractivity contribution in [2.24, 2.45) is 0 Å². The molecule has 0 radical (unpaired) electrons. The van der Waals surface area contributed by atoms with E-state index in [2.05, 4.69) is 15.1 Å². The molecule has 9 nitrogen and oxygen atoms in total. The summed E-state index contributed by atoms with van der Waals surface area (Å²) in [6.45, 7) is 3.59. The van der Waals surface area contributed by atoms with Crippen molar-refractivity contribution in [1.82, 2.24) is 15.1 Å². The van der Waals surface area contributed by atoms with Crippen molar-refractivity contribution in [3.05, 3.63) is 29.3 Å². The molecule has 1 unspecified atom stereocenters. The molecule has 0 saturated carbocycles. The zero-order chi connectivity index (χ0) is 20.5. The van der Waals surface area contributed by atoms with Crippen LogP contribution in [0.1, 0.15) is 40.0 Å². The summed E-state index contributed by atoms with van der Waals surface area (Å²) in [5, 5.41) is 2.21. The molecule has 4 rings (SSSR count). The number of fused-ring (bicyclic) bond motifs is 1. The number of nitrogens with zero attached hydrogens (tertiary/aromatic N) is 3. The molecule has 0 spiro atoms. The van der Waals surface area contributed by atoms with E-state index in [4.69, 9.17) is 0 Å². The number of hydrogen-bond donors (Lipinski definition) is 1. The van der Waals surface area contributed by atoms with Gasteiger partial charge in [-0.1, -0.05) is 6.07 Å². The van der Waals surface area contributed by atoms with Crippen molar-refractivity contribution < 1.29 is 24.0 Å². The normalized spacial score (nSPS) is 22.7. The summed E-state index contributed by atoms with van der Waals surface area (Å²) in [7, 11) is 0. The van der Waals surface area contributed by atoms with Gasteiger partial charge >= 0.3 is 0 Å². The summed E-state index contributed by atoms with van der Waals surface area (Å²) in [6.07, 6.45) is 1.64. The van der Waals surface area contributed by atoms with Gasteiger partial charge in [0.15, 0.2) is 0 Å². The van der Waals surface area contributed by atoms with Gasteiger partial charge in [-0.3, -0.25) is 34.3 Å². The Balaban J connectivity index is 1.56. The van der Waals surface area contributed by atoms with Gasteiger partial charge in [-0.05, 0) is 18.6 Å². The van der Waals surface area contributed by atoms with Crippen LogP contribution in [0.25, 0.3) is 0 Å². The number of carbonyl (C=O) groups is 5. The van der Waals surface area contributed by atoms with Gasteiger partial charge in [0.25, 0.3) is 11.8 Å². The lowest BCUT2D eigenvalue weighted by Crippen LogP contribution is -2.54. The summed E-state index contributed by atoms with van der Waals surface area (Å²) in [5.41, 5.74) is 1.30. The highest BCUT2D eigenvalue weighted by molar-refractivity contribution is 6.25. The van der Waals surface area contributed by atoms with Crippen molar-refractivity contribution >= 4 is 35.6 Å². The number of anilines is 1. The highest BCUT2D eigenvalue weighted by Crippen LogP contribution is 2.34. The smallest absolute Gasteiger partial charge is 0.264 e. The Bertz CT molecular complexity index is 891. The maximum Gasteiger partial charge on any atom is 0.264 e. The molecule has 152 valence electrons. The lowest BCUT2D eigenvalue weighted by atomic mass is 10.0. The predicted molar refractivity (Wildman–Crippen MR) is 102 cm³/mol. The molecule has 0 aromatic heterocycles. The van der Waals surface area contributed by atoms with Crippen LogP contribution in [0, 0.1) is 0 Å². The van der Waals surface area contributed by atoms with Crippen LogP contribution in [-0.2, 0) is 14.4 Å². The Morgan fingerprint density at radius 3 is 2.48 bits per heavy atom. The number of amides is 4. The molecule has 3 heterocycles. The Morgan fingerprint density at radius 2 is 1.79 bits per heavy atom. The van der Waals surface area contributed by atoms with E-state index < -0.39 is 29.7 Å². The van der Waals surface area contributed by atoms with Crippen LogP contribution in [0.4, 0.5) is 5.69 Å². The van der Waals surface area contributed by atoms with Crippen LogP contribution < -0.4 is 10.2 Å². The number of carbonyl (C=O) groups excluding carboxylic acids is 5. The average molecular weight is 398 g/mol. The largest absolute Gasteiger partial charge is 0.368 e. The monoisotopic (exact) mass is 398 g/mol. The Kier molecular flexibility index (Phi) is 5.14. The summed E-state index contributed by atoms with van der Waals surface area (Å²) in [5.74, 6) is -1.98. The summed E-state index contributed by atoms with van der Waals surface area (Å²) in [6, 6.07) is 4.20. The zero-order valence-electron chi connectivity index (χ0n) is 15.9. The molecular formula is C20H22N4O5. The Hall–Kier alpha value is -3.07. The third kappa shape index (κ3) is 3.42. The number of nitrogens with one attached hydrogen (secondary N) is 1. The van der Waals surface area contributed by atoms with E-state index in [1.54, 1.807) is 12.1 Å². The second kappa shape index (κ2) is 7.75. The maximum absolute atomic E-state index is 13.2. The van der Waals surface area contributed by atoms with Crippen LogP contribution in [0.2, 0.25) is 0 Å². The lowest BCUT2D eigenvalue weighted by molar-refractivity contribution is -0.136. The molecule has 0 aliphatic carbocycles. The van der Waals surface area contributed by atoms with Gasteiger partial charge < -0.3 is 9.69 Å². The van der Waals surface area contributed by atoms with E-state index in [9.17, 15) is 24.0 Å². The van der Waals surface area contributed by atoms with Crippen molar-refractivity contribution in [3.8, 4) is 0 Å². The van der Waals surface area contributed by atoms with E-state index in [1.807, 2.05) is 6.07 Å². The van der Waals surface area contributed by atoms with E-state index in [0.29, 0.717) is 42.9 Å². The van der Waals surface area contributed by atoms with Gasteiger partial charge in [-0.15, -0.1) is 0 Å². The first-order valence-electron chi connectivity index (χ1n) is 9.77. The van der Waals surface area contributed by atoms with Crippen molar-refractivity contribution in [1.29, 1.82) is 0 Å². The number of imide groups is 2. The topological polar surface area (TPSA) is 107 Å². The standard InChI is InChI=1S/C20H22N4O5/c25-12-2-7-22-8-10-23(11-9-22)14-4-1-3-13-17(14)20(29)24(19(13)28)15-5-6-16(26)21-18(15)27/h1,3-4,12,15H,2,5-11H2,(H,21,26,27). The Morgan fingerprint density at radius 1 is 1.03 bits per heavy atom. The average Bonchev–Trinajstić information content (AvgIpc) is 2.98. The Labute approximate surface area is 167 Å². The predicted octanol–water partition coefficient (Wildman–Crippen LogP) is -0.201. The van der Waals surface area contributed by atoms with Crippen LogP contribution >= 0.6 is 0 Å². The minimum absolute atomic E-state index is 0.0966. The molecule has 4 amide bonds.